The normalized spacial score (nSPS) is 38.5. The van der Waals surface area contributed by atoms with Crippen molar-refractivity contribution in [3.63, 3.8) is 0 Å². The summed E-state index contributed by atoms with van der Waals surface area (Å²) in [6.07, 6.45) is 7.62. The molecule has 1 amide bonds. The third-order valence-corrected chi connectivity index (χ3v) is 5.79. The molecular formula is C18H32N2O2. The first-order valence-corrected chi connectivity index (χ1v) is 9.05. The Balaban J connectivity index is 1.34. The highest BCUT2D eigenvalue weighted by Crippen LogP contribution is 2.49. The number of hydrogen-bond donors (Lipinski definition) is 2. The minimum absolute atomic E-state index is 0.277. The molecule has 126 valence electrons. The van der Waals surface area contributed by atoms with Gasteiger partial charge in [0.15, 0.2) is 0 Å². The molecule has 3 rings (SSSR count). The molecule has 3 saturated carbocycles. The van der Waals surface area contributed by atoms with E-state index in [1.54, 1.807) is 0 Å². The molecule has 0 heterocycles. The predicted octanol–water partition coefficient (Wildman–Crippen LogP) is 3.46. The fraction of sp³-hybridized carbons (Fsp3) is 0.944. The van der Waals surface area contributed by atoms with Gasteiger partial charge in [0.2, 0.25) is 0 Å². The van der Waals surface area contributed by atoms with Crippen molar-refractivity contribution >= 4 is 6.09 Å². The molecule has 0 radical (unpaired) electrons. The summed E-state index contributed by atoms with van der Waals surface area (Å²) in [5.41, 5.74) is -0.415. The maximum atomic E-state index is 11.7. The van der Waals surface area contributed by atoms with Crippen LogP contribution in [0, 0.1) is 17.8 Å². The number of hydrogen-bond acceptors (Lipinski definition) is 3. The molecule has 2 N–H and O–H groups in total. The zero-order valence-corrected chi connectivity index (χ0v) is 14.5. The van der Waals surface area contributed by atoms with E-state index in [1.807, 2.05) is 20.8 Å². The first kappa shape index (κ1) is 16.1. The van der Waals surface area contributed by atoms with Crippen LogP contribution in [0.3, 0.4) is 0 Å². The summed E-state index contributed by atoms with van der Waals surface area (Å²) in [5.74, 6) is 2.88. The molecule has 0 saturated heterocycles. The van der Waals surface area contributed by atoms with Gasteiger partial charge in [-0.3, -0.25) is 0 Å². The average molecular weight is 308 g/mol. The molecule has 0 aromatic carbocycles. The summed E-state index contributed by atoms with van der Waals surface area (Å²) in [6.45, 7) is 8.05. The van der Waals surface area contributed by atoms with Crippen molar-refractivity contribution < 1.29 is 9.53 Å². The second kappa shape index (κ2) is 6.03. The molecular weight excluding hydrogens is 276 g/mol. The average Bonchev–Trinajstić information content (AvgIpc) is 2.95. The molecule has 0 spiro atoms. The SMILES string of the molecule is CC(NC1CC(NC(=O)OC(C)(C)C)C1)C1CC2CCC1C2. The van der Waals surface area contributed by atoms with Crippen LogP contribution in [0.5, 0.6) is 0 Å². The molecule has 22 heavy (non-hydrogen) atoms. The highest BCUT2D eigenvalue weighted by Gasteiger charge is 2.43. The largest absolute Gasteiger partial charge is 0.444 e. The van der Waals surface area contributed by atoms with Crippen LogP contribution in [0.1, 0.15) is 66.2 Å². The lowest BCUT2D eigenvalue weighted by atomic mass is 9.81. The van der Waals surface area contributed by atoms with E-state index in [4.69, 9.17) is 4.74 Å². The maximum absolute atomic E-state index is 11.7. The Hall–Kier alpha value is -0.770. The Bertz CT molecular complexity index is 412. The van der Waals surface area contributed by atoms with Gasteiger partial charge in [0, 0.05) is 18.1 Å². The summed E-state index contributed by atoms with van der Waals surface area (Å²) < 4.78 is 5.30. The third-order valence-electron chi connectivity index (χ3n) is 5.79. The number of fused-ring (bicyclic) bond motifs is 2. The summed E-state index contributed by atoms with van der Waals surface area (Å²) in [7, 11) is 0. The Kier molecular flexibility index (Phi) is 4.41. The molecule has 2 bridgehead atoms. The monoisotopic (exact) mass is 308 g/mol. The molecule has 3 aliphatic rings. The molecule has 4 atom stereocenters. The van der Waals surface area contributed by atoms with E-state index in [2.05, 4.69) is 17.6 Å². The van der Waals surface area contributed by atoms with Gasteiger partial charge in [0.25, 0.3) is 0 Å². The first-order chi connectivity index (χ1) is 10.3. The lowest BCUT2D eigenvalue weighted by Gasteiger charge is -2.40. The lowest BCUT2D eigenvalue weighted by molar-refractivity contribution is 0.0460. The third kappa shape index (κ3) is 3.76. The number of carbonyl (C=O) groups excluding carboxylic acids is 1. The van der Waals surface area contributed by atoms with E-state index >= 15 is 0 Å². The number of carbonyl (C=O) groups is 1. The van der Waals surface area contributed by atoms with E-state index in [1.165, 1.54) is 25.7 Å². The minimum Gasteiger partial charge on any atom is -0.444 e. The zero-order chi connectivity index (χ0) is 15.9. The Morgan fingerprint density at radius 2 is 1.82 bits per heavy atom. The highest BCUT2D eigenvalue weighted by molar-refractivity contribution is 5.68. The number of amides is 1. The van der Waals surface area contributed by atoms with E-state index in [0.29, 0.717) is 12.1 Å². The number of nitrogens with one attached hydrogen (secondary N) is 2. The van der Waals surface area contributed by atoms with Crippen LogP contribution in [-0.2, 0) is 4.74 Å². The Morgan fingerprint density at radius 1 is 1.09 bits per heavy atom. The van der Waals surface area contributed by atoms with Crippen molar-refractivity contribution in [3.8, 4) is 0 Å². The van der Waals surface area contributed by atoms with Gasteiger partial charge in [-0.2, -0.15) is 0 Å². The molecule has 4 heteroatoms. The lowest BCUT2D eigenvalue weighted by Crippen LogP contribution is -2.56. The topological polar surface area (TPSA) is 50.4 Å². The van der Waals surface area contributed by atoms with Crippen LogP contribution in [0.25, 0.3) is 0 Å². The molecule has 0 aliphatic heterocycles. The van der Waals surface area contributed by atoms with Gasteiger partial charge in [0.1, 0.15) is 5.60 Å². The minimum atomic E-state index is -0.415. The van der Waals surface area contributed by atoms with Crippen molar-refractivity contribution in [3.05, 3.63) is 0 Å². The second-order valence-electron chi connectivity index (χ2n) is 8.81. The Labute approximate surface area is 134 Å². The van der Waals surface area contributed by atoms with Gasteiger partial charge >= 0.3 is 6.09 Å². The summed E-state index contributed by atoms with van der Waals surface area (Å²) >= 11 is 0. The van der Waals surface area contributed by atoms with Gasteiger partial charge in [0.05, 0.1) is 0 Å². The van der Waals surface area contributed by atoms with E-state index in [9.17, 15) is 4.79 Å². The van der Waals surface area contributed by atoms with Crippen LogP contribution >= 0.6 is 0 Å². The molecule has 4 unspecified atom stereocenters. The van der Waals surface area contributed by atoms with Gasteiger partial charge in [-0.25, -0.2) is 4.79 Å². The first-order valence-electron chi connectivity index (χ1n) is 9.05. The smallest absolute Gasteiger partial charge is 0.407 e. The van der Waals surface area contributed by atoms with Crippen molar-refractivity contribution in [2.75, 3.05) is 0 Å². The summed E-state index contributed by atoms with van der Waals surface area (Å²) in [4.78, 5) is 11.7. The van der Waals surface area contributed by atoms with E-state index in [0.717, 1.165) is 30.6 Å². The van der Waals surface area contributed by atoms with E-state index in [-0.39, 0.29) is 12.1 Å². The van der Waals surface area contributed by atoms with Crippen molar-refractivity contribution in [1.29, 1.82) is 0 Å². The molecule has 0 aromatic rings. The highest BCUT2D eigenvalue weighted by atomic mass is 16.6. The number of alkyl carbamates (subject to hydrolysis) is 1. The zero-order valence-electron chi connectivity index (χ0n) is 14.5. The number of rotatable bonds is 4. The molecule has 0 aromatic heterocycles. The van der Waals surface area contributed by atoms with Crippen LogP contribution in [0.2, 0.25) is 0 Å². The standard InChI is InChI=1S/C18H32N2O2/c1-11(16-8-12-5-6-13(16)7-12)19-14-9-15(10-14)20-17(21)22-18(2,3)4/h11-16,19H,5-10H2,1-4H3,(H,20,21). The molecule has 3 fully saturated rings. The van der Waals surface area contributed by atoms with Crippen molar-refractivity contribution in [1.82, 2.24) is 10.6 Å². The summed E-state index contributed by atoms with van der Waals surface area (Å²) in [6, 6.07) is 1.47. The van der Waals surface area contributed by atoms with Crippen LogP contribution < -0.4 is 10.6 Å². The van der Waals surface area contributed by atoms with E-state index < -0.39 is 5.60 Å². The van der Waals surface area contributed by atoms with Gasteiger partial charge in [-0.1, -0.05) is 6.42 Å². The fourth-order valence-corrected chi connectivity index (χ4v) is 4.75. The van der Waals surface area contributed by atoms with Gasteiger partial charge in [-0.05, 0) is 77.6 Å². The van der Waals surface area contributed by atoms with Gasteiger partial charge < -0.3 is 15.4 Å². The molecule has 4 nitrogen and oxygen atoms in total. The predicted molar refractivity (Wildman–Crippen MR) is 87.7 cm³/mol. The summed E-state index contributed by atoms with van der Waals surface area (Å²) in [5, 5.41) is 6.77. The fourth-order valence-electron chi connectivity index (χ4n) is 4.75. The molecule has 3 aliphatic carbocycles. The quantitative estimate of drug-likeness (QED) is 0.836. The maximum Gasteiger partial charge on any atom is 0.407 e. The number of ether oxygens (including phenoxy) is 1. The van der Waals surface area contributed by atoms with Crippen LogP contribution in [0.15, 0.2) is 0 Å². The van der Waals surface area contributed by atoms with Crippen molar-refractivity contribution in [2.45, 2.75) is 89.9 Å². The second-order valence-corrected chi connectivity index (χ2v) is 8.81. The van der Waals surface area contributed by atoms with Crippen molar-refractivity contribution in [2.24, 2.45) is 17.8 Å². The van der Waals surface area contributed by atoms with Gasteiger partial charge in [-0.15, -0.1) is 0 Å². The Morgan fingerprint density at radius 3 is 2.36 bits per heavy atom. The van der Waals surface area contributed by atoms with Crippen LogP contribution in [0.4, 0.5) is 4.79 Å². The van der Waals surface area contributed by atoms with Crippen LogP contribution in [-0.4, -0.2) is 29.8 Å².